The average Bonchev–Trinajstić information content (AvgIpc) is 3.11. The molecule has 4 rings (SSSR count). The van der Waals surface area contributed by atoms with Crippen molar-refractivity contribution < 1.29 is 9.90 Å². The molecule has 3 aromatic rings. The van der Waals surface area contributed by atoms with Crippen LogP contribution in [0.5, 0.6) is 0 Å². The van der Waals surface area contributed by atoms with Gasteiger partial charge in [-0.15, -0.1) is 0 Å². The maximum Gasteiger partial charge on any atom is 0.242 e. The predicted molar refractivity (Wildman–Crippen MR) is 115 cm³/mol. The van der Waals surface area contributed by atoms with Crippen LogP contribution in [0.4, 0.5) is 5.95 Å². The summed E-state index contributed by atoms with van der Waals surface area (Å²) in [6, 6.07) is 18.4. The number of amides is 1. The number of hydrogen-bond donors (Lipinski definition) is 2. The number of hydrogen-bond acceptors (Lipinski definition) is 4. The Kier molecular flexibility index (Phi) is 6.10. The number of nitrogens with one attached hydrogen (secondary N) is 1. The van der Waals surface area contributed by atoms with Gasteiger partial charge in [-0.2, -0.15) is 0 Å². The summed E-state index contributed by atoms with van der Waals surface area (Å²) in [6.07, 6.45) is 3.17. The molecule has 29 heavy (non-hydrogen) atoms. The summed E-state index contributed by atoms with van der Waals surface area (Å²) in [7, 11) is 0. The molecule has 0 radical (unpaired) electrons. The predicted octanol–water partition coefficient (Wildman–Crippen LogP) is 2.92. The van der Waals surface area contributed by atoms with E-state index in [4.69, 9.17) is 5.11 Å². The van der Waals surface area contributed by atoms with Crippen LogP contribution in [0.2, 0.25) is 0 Å². The number of likely N-dealkylation sites (tertiary alicyclic amines) is 1. The molecule has 0 spiro atoms. The van der Waals surface area contributed by atoms with Crippen molar-refractivity contribution in [2.45, 2.75) is 25.8 Å². The molecule has 0 bridgehead atoms. The smallest absolute Gasteiger partial charge is 0.242 e. The van der Waals surface area contributed by atoms with Gasteiger partial charge in [0, 0.05) is 19.6 Å². The maximum atomic E-state index is 13.0. The summed E-state index contributed by atoms with van der Waals surface area (Å²) in [5, 5.41) is 12.3. The summed E-state index contributed by atoms with van der Waals surface area (Å²) < 4.78 is 1.92. The second-order valence-electron chi connectivity index (χ2n) is 7.67. The van der Waals surface area contributed by atoms with E-state index in [-0.39, 0.29) is 19.1 Å². The fourth-order valence-electron chi connectivity index (χ4n) is 4.11. The van der Waals surface area contributed by atoms with Crippen molar-refractivity contribution in [3.05, 3.63) is 60.2 Å². The van der Waals surface area contributed by atoms with E-state index in [0.29, 0.717) is 18.4 Å². The van der Waals surface area contributed by atoms with Crippen LogP contribution in [0.15, 0.2) is 54.6 Å². The molecule has 1 aromatic heterocycles. The number of anilines is 1. The zero-order chi connectivity index (χ0) is 20.1. The van der Waals surface area contributed by atoms with Crippen LogP contribution in [-0.4, -0.2) is 51.7 Å². The number of carbonyl (C=O) groups is 1. The number of piperidine rings is 1. The number of benzene rings is 2. The van der Waals surface area contributed by atoms with Crippen LogP contribution in [0.3, 0.4) is 0 Å². The lowest BCUT2D eigenvalue weighted by Crippen LogP contribution is -2.40. The number of fused-ring (bicyclic) bond motifs is 1. The van der Waals surface area contributed by atoms with Gasteiger partial charge in [0.25, 0.3) is 0 Å². The van der Waals surface area contributed by atoms with Crippen molar-refractivity contribution in [1.29, 1.82) is 0 Å². The van der Waals surface area contributed by atoms with Gasteiger partial charge in [0.05, 0.1) is 17.6 Å². The summed E-state index contributed by atoms with van der Waals surface area (Å²) in [5.74, 6) is 1.39. The Morgan fingerprint density at radius 2 is 1.79 bits per heavy atom. The molecule has 6 heteroatoms. The van der Waals surface area contributed by atoms with E-state index in [1.54, 1.807) is 0 Å². The first-order valence-corrected chi connectivity index (χ1v) is 10.4. The van der Waals surface area contributed by atoms with E-state index in [1.165, 1.54) is 5.56 Å². The van der Waals surface area contributed by atoms with E-state index in [1.807, 2.05) is 39.8 Å². The molecule has 0 saturated carbocycles. The Bertz CT molecular complexity index is 946. The van der Waals surface area contributed by atoms with Crippen LogP contribution in [0.25, 0.3) is 11.0 Å². The van der Waals surface area contributed by atoms with E-state index >= 15 is 0 Å². The van der Waals surface area contributed by atoms with Crippen LogP contribution in [-0.2, 0) is 17.8 Å². The summed E-state index contributed by atoms with van der Waals surface area (Å²) in [4.78, 5) is 19.6. The van der Waals surface area contributed by atoms with Gasteiger partial charge in [-0.3, -0.25) is 4.79 Å². The van der Waals surface area contributed by atoms with Crippen molar-refractivity contribution in [1.82, 2.24) is 14.5 Å². The summed E-state index contributed by atoms with van der Waals surface area (Å²) in [5.41, 5.74) is 3.16. The number of imidazole rings is 1. The summed E-state index contributed by atoms with van der Waals surface area (Å²) >= 11 is 0. The van der Waals surface area contributed by atoms with Crippen LogP contribution in [0.1, 0.15) is 18.4 Å². The van der Waals surface area contributed by atoms with Gasteiger partial charge in [-0.1, -0.05) is 42.5 Å². The number of rotatable bonds is 7. The molecule has 2 aromatic carbocycles. The number of carbonyl (C=O) groups excluding carboxylic acids is 1. The highest BCUT2D eigenvalue weighted by molar-refractivity contribution is 5.83. The van der Waals surface area contributed by atoms with Gasteiger partial charge < -0.3 is 19.9 Å². The van der Waals surface area contributed by atoms with E-state index < -0.39 is 0 Å². The fourth-order valence-corrected chi connectivity index (χ4v) is 4.11. The number of para-hydroxylation sites is 2. The number of aliphatic hydroxyl groups is 1. The number of aliphatic hydroxyl groups excluding tert-OH is 1. The number of aromatic nitrogens is 2. The molecule has 152 valence electrons. The van der Waals surface area contributed by atoms with Gasteiger partial charge in [0.15, 0.2) is 0 Å². The lowest BCUT2D eigenvalue weighted by atomic mass is 9.90. The second-order valence-corrected chi connectivity index (χ2v) is 7.67. The van der Waals surface area contributed by atoms with E-state index in [0.717, 1.165) is 43.4 Å². The van der Waals surface area contributed by atoms with Gasteiger partial charge in [-0.05, 0) is 42.9 Å². The molecule has 1 aliphatic heterocycles. The Hall–Kier alpha value is -2.86. The van der Waals surface area contributed by atoms with Gasteiger partial charge in [0.1, 0.15) is 6.54 Å². The van der Waals surface area contributed by atoms with E-state index in [9.17, 15) is 4.79 Å². The van der Waals surface area contributed by atoms with Gasteiger partial charge >= 0.3 is 0 Å². The highest BCUT2D eigenvalue weighted by Crippen LogP contribution is 2.23. The third-order valence-corrected chi connectivity index (χ3v) is 5.68. The van der Waals surface area contributed by atoms with Crippen LogP contribution in [0, 0.1) is 5.92 Å². The van der Waals surface area contributed by atoms with Crippen molar-refractivity contribution in [2.24, 2.45) is 5.92 Å². The topological polar surface area (TPSA) is 70.4 Å². The highest BCUT2D eigenvalue weighted by Gasteiger charge is 2.24. The SMILES string of the molecule is O=C(Cn1c(NCCO)nc2ccccc21)N1CCC(Cc2ccccc2)CC1. The maximum absolute atomic E-state index is 13.0. The molecule has 0 aliphatic carbocycles. The normalized spacial score (nSPS) is 15.0. The van der Waals surface area contributed by atoms with Gasteiger partial charge in [0.2, 0.25) is 11.9 Å². The third kappa shape index (κ3) is 4.59. The Labute approximate surface area is 171 Å². The molecule has 1 amide bonds. The Balaban J connectivity index is 1.40. The molecular formula is C23H28N4O2. The third-order valence-electron chi connectivity index (χ3n) is 5.68. The Morgan fingerprint density at radius 3 is 2.55 bits per heavy atom. The van der Waals surface area contributed by atoms with Gasteiger partial charge in [-0.25, -0.2) is 4.98 Å². The average molecular weight is 393 g/mol. The molecule has 1 fully saturated rings. The fraction of sp³-hybridized carbons (Fsp3) is 0.391. The van der Waals surface area contributed by atoms with Crippen molar-refractivity contribution in [3.63, 3.8) is 0 Å². The number of nitrogens with zero attached hydrogens (tertiary/aromatic N) is 3. The molecule has 1 saturated heterocycles. The van der Waals surface area contributed by atoms with Crippen LogP contribution >= 0.6 is 0 Å². The zero-order valence-corrected chi connectivity index (χ0v) is 16.6. The molecule has 2 N–H and O–H groups in total. The van der Waals surface area contributed by atoms with E-state index in [2.05, 4.69) is 34.6 Å². The standard InChI is InChI=1S/C23H28N4O2/c28-15-12-24-23-25-20-8-4-5-9-21(20)27(23)17-22(29)26-13-10-19(11-14-26)16-18-6-2-1-3-7-18/h1-9,19,28H,10-17H2,(H,24,25). The highest BCUT2D eigenvalue weighted by atomic mass is 16.3. The zero-order valence-electron chi connectivity index (χ0n) is 16.6. The first-order valence-electron chi connectivity index (χ1n) is 10.4. The molecule has 1 aliphatic rings. The monoisotopic (exact) mass is 392 g/mol. The van der Waals surface area contributed by atoms with Crippen molar-refractivity contribution >= 4 is 22.9 Å². The first kappa shape index (κ1) is 19.5. The van der Waals surface area contributed by atoms with Crippen LogP contribution < -0.4 is 5.32 Å². The Morgan fingerprint density at radius 1 is 1.07 bits per heavy atom. The minimum atomic E-state index is 0.0199. The molecule has 0 atom stereocenters. The lowest BCUT2D eigenvalue weighted by Gasteiger charge is -2.32. The lowest BCUT2D eigenvalue weighted by molar-refractivity contribution is -0.133. The quantitative estimate of drug-likeness (QED) is 0.649. The molecule has 2 heterocycles. The first-order chi connectivity index (χ1) is 14.2. The minimum absolute atomic E-state index is 0.0199. The van der Waals surface area contributed by atoms with Crippen molar-refractivity contribution in [2.75, 3.05) is 31.6 Å². The largest absolute Gasteiger partial charge is 0.395 e. The molecular weight excluding hydrogens is 364 g/mol. The molecule has 0 unspecified atom stereocenters. The van der Waals surface area contributed by atoms with Crippen molar-refractivity contribution in [3.8, 4) is 0 Å². The second kappa shape index (κ2) is 9.09. The molecule has 6 nitrogen and oxygen atoms in total. The summed E-state index contributed by atoms with van der Waals surface area (Å²) in [6.45, 7) is 2.30. The minimum Gasteiger partial charge on any atom is -0.395 e.